The Morgan fingerprint density at radius 1 is 1.20 bits per heavy atom. The van der Waals surface area contributed by atoms with E-state index in [0.717, 1.165) is 11.8 Å². The lowest BCUT2D eigenvalue weighted by atomic mass is 9.66. The Bertz CT molecular complexity index is 1130. The Balaban J connectivity index is 1.63. The Morgan fingerprint density at radius 3 is 2.73 bits per heavy atom. The zero-order valence-corrected chi connectivity index (χ0v) is 29.2. The summed E-state index contributed by atoms with van der Waals surface area (Å²) in [6, 6.07) is 6.60. The van der Waals surface area contributed by atoms with E-state index in [0.29, 0.717) is 37.4 Å². The number of carbonyl (C=O) groups excluding carboxylic acids is 2. The molecule has 0 aliphatic carbocycles. The third-order valence-electron chi connectivity index (χ3n) is 5.74. The molecular formula is C27H39BN4O8S5. The topological polar surface area (TPSA) is 174 Å². The summed E-state index contributed by atoms with van der Waals surface area (Å²) < 4.78 is 28.9. The van der Waals surface area contributed by atoms with Gasteiger partial charge in [-0.05, 0) is 42.5 Å². The van der Waals surface area contributed by atoms with Gasteiger partial charge in [0.1, 0.15) is 47.4 Å². The van der Waals surface area contributed by atoms with E-state index in [-0.39, 0.29) is 74.4 Å². The fourth-order valence-electron chi connectivity index (χ4n) is 3.72. The molecule has 0 bridgehead atoms. The molecule has 1 aromatic carbocycles. The maximum Gasteiger partial charge on any atom is 0.251 e. The van der Waals surface area contributed by atoms with Crippen LogP contribution in [0.5, 0.6) is 5.75 Å². The van der Waals surface area contributed by atoms with Crippen LogP contribution in [0.3, 0.4) is 0 Å². The molecule has 2 rings (SSSR count). The highest BCUT2D eigenvalue weighted by Crippen LogP contribution is 2.33. The second-order valence-corrected chi connectivity index (χ2v) is 15.0. The predicted molar refractivity (Wildman–Crippen MR) is 187 cm³/mol. The molecule has 5 atom stereocenters. The number of carbonyl (C=O) groups is 2. The summed E-state index contributed by atoms with van der Waals surface area (Å²) in [4.78, 5) is 24.2. The van der Waals surface area contributed by atoms with Crippen molar-refractivity contribution in [3.05, 3.63) is 29.8 Å². The second kappa shape index (κ2) is 24.7. The van der Waals surface area contributed by atoms with Crippen LogP contribution in [0, 0.1) is 22.4 Å². The van der Waals surface area contributed by atoms with Gasteiger partial charge in [-0.25, -0.2) is 0 Å². The maximum absolute atomic E-state index is 12.1. The van der Waals surface area contributed by atoms with Crippen molar-refractivity contribution in [2.75, 3.05) is 70.9 Å². The van der Waals surface area contributed by atoms with E-state index in [2.05, 4.69) is 22.4 Å². The third kappa shape index (κ3) is 16.3. The fourth-order valence-corrected chi connectivity index (χ4v) is 7.57. The molecular weight excluding hydrogens is 679 g/mol. The number of hydrogen-bond acceptors (Lipinski definition) is 15. The number of nitrogens with one attached hydrogen (secondary N) is 2. The molecule has 4 unspecified atom stereocenters. The Labute approximate surface area is 285 Å². The van der Waals surface area contributed by atoms with Gasteiger partial charge in [0.15, 0.2) is 0 Å². The molecule has 1 fully saturated rings. The number of nitriles is 1. The van der Waals surface area contributed by atoms with Crippen molar-refractivity contribution >= 4 is 74.0 Å². The van der Waals surface area contributed by atoms with E-state index in [4.69, 9.17) is 34.7 Å². The number of ether oxygens (including phenoxy) is 5. The SMILES string of the molecule is CSSC(COc1cccc(C(=O)NCCN)c1)OCCOCC(=O)NCC#CBC1OC(CO)C1O[C@H](CSC#N)SSC. The van der Waals surface area contributed by atoms with Gasteiger partial charge in [-0.1, -0.05) is 55.2 Å². The molecule has 45 heavy (non-hydrogen) atoms. The summed E-state index contributed by atoms with van der Waals surface area (Å²) in [5, 5.41) is 25.8. The first-order chi connectivity index (χ1) is 21.9. The van der Waals surface area contributed by atoms with Crippen molar-refractivity contribution in [2.24, 2.45) is 5.73 Å². The van der Waals surface area contributed by atoms with E-state index in [9.17, 15) is 14.7 Å². The second-order valence-electron chi connectivity index (χ2n) is 8.92. The summed E-state index contributed by atoms with van der Waals surface area (Å²) in [6.45, 7) is 1.37. The lowest BCUT2D eigenvalue weighted by Gasteiger charge is -2.44. The number of aliphatic hydroxyl groups excluding tert-OH is 1. The van der Waals surface area contributed by atoms with Gasteiger partial charge in [0.2, 0.25) is 13.2 Å². The maximum atomic E-state index is 12.1. The molecule has 12 nitrogen and oxygen atoms in total. The zero-order chi connectivity index (χ0) is 32.7. The molecule has 18 heteroatoms. The highest BCUT2D eigenvalue weighted by Gasteiger charge is 2.44. The van der Waals surface area contributed by atoms with Gasteiger partial charge in [-0.3, -0.25) is 9.59 Å². The lowest BCUT2D eigenvalue weighted by Crippen LogP contribution is -2.60. The largest absolute Gasteiger partial charge is 0.490 e. The molecule has 0 radical (unpaired) electrons. The minimum Gasteiger partial charge on any atom is -0.490 e. The molecule has 248 valence electrons. The highest BCUT2D eigenvalue weighted by molar-refractivity contribution is 8.77. The molecule has 1 aromatic rings. The van der Waals surface area contributed by atoms with Gasteiger partial charge in [0.05, 0.1) is 32.4 Å². The van der Waals surface area contributed by atoms with Gasteiger partial charge in [0, 0.05) is 24.4 Å². The number of benzene rings is 1. The van der Waals surface area contributed by atoms with Gasteiger partial charge < -0.3 is 45.2 Å². The van der Waals surface area contributed by atoms with Crippen molar-refractivity contribution in [2.45, 2.75) is 29.1 Å². The van der Waals surface area contributed by atoms with Crippen LogP contribution in [-0.2, 0) is 23.7 Å². The molecule has 2 amide bonds. The Morgan fingerprint density at radius 2 is 2.00 bits per heavy atom. The number of aliphatic hydroxyl groups is 1. The van der Waals surface area contributed by atoms with Gasteiger partial charge >= 0.3 is 0 Å². The van der Waals surface area contributed by atoms with Crippen molar-refractivity contribution in [3.63, 3.8) is 0 Å². The van der Waals surface area contributed by atoms with Crippen LogP contribution < -0.4 is 21.1 Å². The number of hydrogen-bond donors (Lipinski definition) is 4. The van der Waals surface area contributed by atoms with Crippen LogP contribution in [0.15, 0.2) is 24.3 Å². The van der Waals surface area contributed by atoms with E-state index in [1.165, 1.54) is 32.4 Å². The van der Waals surface area contributed by atoms with Crippen LogP contribution in [0.4, 0.5) is 0 Å². The smallest absolute Gasteiger partial charge is 0.251 e. The number of thioether (sulfide) groups is 1. The van der Waals surface area contributed by atoms with Crippen LogP contribution >= 0.6 is 54.9 Å². The zero-order valence-electron chi connectivity index (χ0n) is 25.1. The van der Waals surface area contributed by atoms with E-state index < -0.39 is 6.10 Å². The third-order valence-corrected chi connectivity index (χ3v) is 10.4. The summed E-state index contributed by atoms with van der Waals surface area (Å²) in [6.07, 6.45) is 3.13. The van der Waals surface area contributed by atoms with Gasteiger partial charge in [-0.2, -0.15) is 11.1 Å². The van der Waals surface area contributed by atoms with Crippen molar-refractivity contribution in [1.82, 2.24) is 10.6 Å². The highest BCUT2D eigenvalue weighted by atomic mass is 33.1. The van der Waals surface area contributed by atoms with Crippen LogP contribution in [0.1, 0.15) is 10.4 Å². The number of nitrogens with two attached hydrogens (primary N) is 1. The van der Waals surface area contributed by atoms with E-state index >= 15 is 0 Å². The molecule has 1 heterocycles. The van der Waals surface area contributed by atoms with Crippen molar-refractivity contribution in [3.8, 4) is 22.9 Å². The lowest BCUT2D eigenvalue weighted by molar-refractivity contribution is -0.222. The molecule has 1 aliphatic heterocycles. The molecule has 0 spiro atoms. The van der Waals surface area contributed by atoms with Crippen LogP contribution in [-0.4, -0.2) is 124 Å². The Kier molecular flexibility index (Phi) is 21.8. The summed E-state index contributed by atoms with van der Waals surface area (Å²) in [7, 11) is 6.49. The standard InChI is InChI=1S/C27H39BN4O8S5/c1-41-44-23(16-38-20-6-3-5-19(13-20)27(35)32-10-8-29)37-12-11-36-15-22(34)31-9-4-7-28-26-25(21(14-33)39-26)40-24(45-42-2)17-43-18-30/h3,5-6,13,21,23-26,28,33H,8-12,14-17,29H2,1-2H3,(H,31,34)(H,32,35)/t21?,23?,24-,25?,26?/m0/s1. The van der Waals surface area contributed by atoms with Gasteiger partial charge in [0.25, 0.3) is 5.91 Å². The average Bonchev–Trinajstić information content (AvgIpc) is 3.04. The monoisotopic (exact) mass is 718 g/mol. The minimum absolute atomic E-state index is 0.129. The van der Waals surface area contributed by atoms with Crippen molar-refractivity contribution < 1.29 is 38.4 Å². The molecule has 5 N–H and O–H groups in total. The first-order valence-corrected chi connectivity index (χ1v) is 20.1. The minimum atomic E-state index is -0.421. The number of amides is 2. The first-order valence-electron chi connectivity index (χ1n) is 13.9. The Hall–Kier alpha value is -1.42. The summed E-state index contributed by atoms with van der Waals surface area (Å²) in [5.41, 5.74) is 5.43. The van der Waals surface area contributed by atoms with Crippen LogP contribution in [0.2, 0.25) is 0 Å². The van der Waals surface area contributed by atoms with E-state index in [1.54, 1.807) is 35.1 Å². The predicted octanol–water partition coefficient (Wildman–Crippen LogP) is 1.29. The number of nitrogens with zero attached hydrogens (tertiary/aromatic N) is 1. The van der Waals surface area contributed by atoms with E-state index in [1.807, 2.05) is 17.9 Å². The molecule has 1 aliphatic rings. The number of rotatable bonds is 23. The van der Waals surface area contributed by atoms with Gasteiger partial charge in [-0.15, -0.1) is 0 Å². The quantitative estimate of drug-likeness (QED) is 0.0318. The summed E-state index contributed by atoms with van der Waals surface area (Å²) in [5.74, 6) is 6.42. The number of thiocyanates is 1. The summed E-state index contributed by atoms with van der Waals surface area (Å²) >= 11 is 1.12. The molecule has 0 aromatic heterocycles. The first kappa shape index (κ1) is 39.8. The van der Waals surface area contributed by atoms with Crippen LogP contribution in [0.25, 0.3) is 0 Å². The van der Waals surface area contributed by atoms with Crippen molar-refractivity contribution in [1.29, 1.82) is 5.26 Å². The molecule has 1 saturated heterocycles. The average molecular weight is 719 g/mol. The fraction of sp³-hybridized carbons (Fsp3) is 0.593. The molecule has 0 saturated carbocycles. The normalized spacial score (nSPS) is 18.3.